The SMILES string of the molecule is Cn1cncc1[C@@H]1CCCC[C@@H]1O. The number of imidazole rings is 1. The van der Waals surface area contributed by atoms with E-state index in [1.165, 1.54) is 12.1 Å². The Hall–Kier alpha value is -0.830. The van der Waals surface area contributed by atoms with Crippen LogP contribution in [0.1, 0.15) is 37.3 Å². The molecule has 0 unspecified atom stereocenters. The first-order valence-electron chi connectivity index (χ1n) is 4.93. The first-order valence-corrected chi connectivity index (χ1v) is 4.93. The van der Waals surface area contributed by atoms with Crippen molar-refractivity contribution in [3.8, 4) is 0 Å². The number of aromatic nitrogens is 2. The van der Waals surface area contributed by atoms with Crippen molar-refractivity contribution in [2.24, 2.45) is 7.05 Å². The summed E-state index contributed by atoms with van der Waals surface area (Å²) in [6.07, 6.45) is 7.94. The van der Waals surface area contributed by atoms with Gasteiger partial charge in [0.05, 0.1) is 12.4 Å². The predicted octanol–water partition coefficient (Wildman–Crippen LogP) is 1.44. The summed E-state index contributed by atoms with van der Waals surface area (Å²) in [5, 5.41) is 9.82. The van der Waals surface area contributed by atoms with Crippen LogP contribution in [0.3, 0.4) is 0 Å². The number of nitrogens with zero attached hydrogens (tertiary/aromatic N) is 2. The van der Waals surface area contributed by atoms with E-state index in [0.717, 1.165) is 19.3 Å². The lowest BCUT2D eigenvalue weighted by Gasteiger charge is -2.27. The van der Waals surface area contributed by atoms with Gasteiger partial charge in [-0.1, -0.05) is 12.8 Å². The molecule has 72 valence electrons. The van der Waals surface area contributed by atoms with E-state index in [1.807, 2.05) is 17.8 Å². The summed E-state index contributed by atoms with van der Waals surface area (Å²) in [4.78, 5) is 4.08. The van der Waals surface area contributed by atoms with E-state index in [0.29, 0.717) is 5.92 Å². The largest absolute Gasteiger partial charge is 0.392 e. The fraction of sp³-hybridized carbons (Fsp3) is 0.700. The van der Waals surface area contributed by atoms with Crippen molar-refractivity contribution < 1.29 is 5.11 Å². The van der Waals surface area contributed by atoms with Crippen LogP contribution in [-0.2, 0) is 7.05 Å². The third kappa shape index (κ3) is 1.61. The summed E-state index contributed by atoms with van der Waals surface area (Å²) >= 11 is 0. The van der Waals surface area contributed by atoms with Gasteiger partial charge < -0.3 is 9.67 Å². The van der Waals surface area contributed by atoms with E-state index in [-0.39, 0.29) is 6.10 Å². The van der Waals surface area contributed by atoms with Crippen molar-refractivity contribution in [1.82, 2.24) is 9.55 Å². The minimum atomic E-state index is -0.163. The molecule has 1 fully saturated rings. The van der Waals surface area contributed by atoms with Gasteiger partial charge in [-0.2, -0.15) is 0 Å². The van der Waals surface area contributed by atoms with E-state index in [9.17, 15) is 5.11 Å². The van der Waals surface area contributed by atoms with E-state index in [2.05, 4.69) is 4.98 Å². The molecule has 2 rings (SSSR count). The summed E-state index contributed by atoms with van der Waals surface area (Å²) in [5.74, 6) is 0.307. The topological polar surface area (TPSA) is 38.0 Å². The second-order valence-electron chi connectivity index (χ2n) is 3.89. The maximum Gasteiger partial charge on any atom is 0.0945 e. The van der Waals surface area contributed by atoms with E-state index < -0.39 is 0 Å². The highest BCUT2D eigenvalue weighted by Gasteiger charge is 2.26. The van der Waals surface area contributed by atoms with Gasteiger partial charge in [-0.25, -0.2) is 4.98 Å². The Kier molecular flexibility index (Phi) is 2.36. The van der Waals surface area contributed by atoms with Gasteiger partial charge >= 0.3 is 0 Å². The fourth-order valence-electron chi connectivity index (χ4n) is 2.18. The summed E-state index contributed by atoms with van der Waals surface area (Å²) < 4.78 is 2.01. The standard InChI is InChI=1S/C10H16N2O/c1-12-7-11-6-9(12)8-4-2-3-5-10(8)13/h6-8,10,13H,2-5H2,1H3/t8-,10-/m0/s1. The van der Waals surface area contributed by atoms with Crippen molar-refractivity contribution in [2.75, 3.05) is 0 Å². The second kappa shape index (κ2) is 3.50. The Balaban J connectivity index is 2.19. The molecule has 0 amide bonds. The van der Waals surface area contributed by atoms with Crippen LogP contribution < -0.4 is 0 Å². The minimum Gasteiger partial charge on any atom is -0.392 e. The average molecular weight is 180 g/mol. The quantitative estimate of drug-likeness (QED) is 0.710. The van der Waals surface area contributed by atoms with Crippen LogP contribution >= 0.6 is 0 Å². The van der Waals surface area contributed by atoms with Gasteiger partial charge in [-0.15, -0.1) is 0 Å². The fourth-order valence-corrected chi connectivity index (χ4v) is 2.18. The summed E-state index contributed by atoms with van der Waals surface area (Å²) in [5.41, 5.74) is 1.17. The van der Waals surface area contributed by atoms with Crippen LogP contribution in [0.5, 0.6) is 0 Å². The number of aliphatic hydroxyl groups is 1. The third-order valence-corrected chi connectivity index (χ3v) is 2.96. The molecule has 1 saturated carbocycles. The van der Waals surface area contributed by atoms with Crippen LogP contribution in [0.15, 0.2) is 12.5 Å². The molecule has 0 aromatic carbocycles. The molecule has 0 bridgehead atoms. The van der Waals surface area contributed by atoms with Crippen LogP contribution in [0.25, 0.3) is 0 Å². The van der Waals surface area contributed by atoms with Crippen molar-refractivity contribution in [3.05, 3.63) is 18.2 Å². The highest BCUT2D eigenvalue weighted by Crippen LogP contribution is 2.32. The molecule has 3 nitrogen and oxygen atoms in total. The van der Waals surface area contributed by atoms with Crippen LogP contribution in [0, 0.1) is 0 Å². The van der Waals surface area contributed by atoms with Gasteiger partial charge in [0.2, 0.25) is 0 Å². The zero-order valence-electron chi connectivity index (χ0n) is 7.98. The molecule has 0 spiro atoms. The minimum absolute atomic E-state index is 0.163. The van der Waals surface area contributed by atoms with Crippen molar-refractivity contribution in [2.45, 2.75) is 37.7 Å². The monoisotopic (exact) mass is 180 g/mol. The number of hydrogen-bond acceptors (Lipinski definition) is 2. The Labute approximate surface area is 78.4 Å². The van der Waals surface area contributed by atoms with Gasteiger partial charge in [0.25, 0.3) is 0 Å². The maximum absolute atomic E-state index is 9.82. The molecule has 1 aliphatic carbocycles. The summed E-state index contributed by atoms with van der Waals surface area (Å²) in [7, 11) is 1.99. The van der Waals surface area contributed by atoms with Crippen LogP contribution in [0.4, 0.5) is 0 Å². The molecule has 1 aliphatic rings. The molecule has 1 aromatic heterocycles. The molecular weight excluding hydrogens is 164 g/mol. The summed E-state index contributed by atoms with van der Waals surface area (Å²) in [6.45, 7) is 0. The van der Waals surface area contributed by atoms with Crippen molar-refractivity contribution >= 4 is 0 Å². The average Bonchev–Trinajstić information content (AvgIpc) is 2.52. The molecule has 3 heteroatoms. The van der Waals surface area contributed by atoms with Gasteiger partial charge in [-0.05, 0) is 12.8 Å². The highest BCUT2D eigenvalue weighted by atomic mass is 16.3. The molecule has 0 saturated heterocycles. The van der Waals surface area contributed by atoms with E-state index >= 15 is 0 Å². The normalized spacial score (nSPS) is 29.1. The first-order chi connectivity index (χ1) is 6.29. The predicted molar refractivity (Wildman–Crippen MR) is 50.4 cm³/mol. The van der Waals surface area contributed by atoms with E-state index in [4.69, 9.17) is 0 Å². The first kappa shape index (κ1) is 8.75. The molecule has 1 N–H and O–H groups in total. The molecule has 1 heterocycles. The van der Waals surface area contributed by atoms with Gasteiger partial charge in [0, 0.05) is 24.9 Å². The smallest absolute Gasteiger partial charge is 0.0945 e. The van der Waals surface area contributed by atoms with Gasteiger partial charge in [0.15, 0.2) is 0 Å². The second-order valence-corrected chi connectivity index (χ2v) is 3.89. The molecule has 0 radical (unpaired) electrons. The number of rotatable bonds is 1. The van der Waals surface area contributed by atoms with Crippen LogP contribution in [0.2, 0.25) is 0 Å². The number of aryl methyl sites for hydroxylation is 1. The summed E-state index contributed by atoms with van der Waals surface area (Å²) in [6, 6.07) is 0. The maximum atomic E-state index is 9.82. The third-order valence-electron chi connectivity index (χ3n) is 2.96. The molecule has 2 atom stereocenters. The number of hydrogen-bond donors (Lipinski definition) is 1. The molecule has 13 heavy (non-hydrogen) atoms. The lowest BCUT2D eigenvalue weighted by Crippen LogP contribution is -2.24. The Morgan fingerprint density at radius 2 is 2.23 bits per heavy atom. The molecular formula is C10H16N2O. The van der Waals surface area contributed by atoms with Crippen LogP contribution in [-0.4, -0.2) is 20.8 Å². The lowest BCUT2D eigenvalue weighted by atomic mass is 9.84. The molecule has 1 aromatic rings. The van der Waals surface area contributed by atoms with E-state index in [1.54, 1.807) is 6.33 Å². The zero-order chi connectivity index (χ0) is 9.26. The lowest BCUT2D eigenvalue weighted by molar-refractivity contribution is 0.103. The zero-order valence-corrected chi connectivity index (χ0v) is 7.98. The number of aliphatic hydroxyl groups excluding tert-OH is 1. The Bertz CT molecular complexity index is 282. The van der Waals surface area contributed by atoms with Crippen molar-refractivity contribution in [3.63, 3.8) is 0 Å². The Morgan fingerprint density at radius 1 is 1.46 bits per heavy atom. The highest BCUT2D eigenvalue weighted by molar-refractivity contribution is 5.09. The Morgan fingerprint density at radius 3 is 2.85 bits per heavy atom. The molecule has 0 aliphatic heterocycles. The van der Waals surface area contributed by atoms with Gasteiger partial charge in [-0.3, -0.25) is 0 Å². The van der Waals surface area contributed by atoms with Crippen molar-refractivity contribution in [1.29, 1.82) is 0 Å². The van der Waals surface area contributed by atoms with Gasteiger partial charge in [0.1, 0.15) is 0 Å².